The molecule has 0 aromatic rings. The summed E-state index contributed by atoms with van der Waals surface area (Å²) >= 11 is 0. The van der Waals surface area contributed by atoms with Gasteiger partial charge < -0.3 is 0 Å². The lowest BCUT2D eigenvalue weighted by Crippen LogP contribution is -1.82. The zero-order chi connectivity index (χ0) is 11.3. The van der Waals surface area contributed by atoms with Crippen LogP contribution in [0.2, 0.25) is 0 Å². The van der Waals surface area contributed by atoms with Crippen molar-refractivity contribution in [3.8, 4) is 0 Å². The van der Waals surface area contributed by atoms with Crippen LogP contribution in [0.3, 0.4) is 0 Å². The smallest absolute Gasteiger partial charge is 0.0276 e. The van der Waals surface area contributed by atoms with E-state index in [9.17, 15) is 0 Å². The minimum absolute atomic E-state index is 1.14. The van der Waals surface area contributed by atoms with Gasteiger partial charge in [-0.3, -0.25) is 0 Å². The molecule has 91 valence electrons. The molecule has 1 aliphatic rings. The van der Waals surface area contributed by atoms with Gasteiger partial charge in [0.2, 0.25) is 0 Å². The minimum Gasteiger partial charge on any atom is -0.0845 e. The van der Waals surface area contributed by atoms with Crippen molar-refractivity contribution in [1.82, 2.24) is 0 Å². The van der Waals surface area contributed by atoms with E-state index in [2.05, 4.69) is 24.3 Å². The summed E-state index contributed by atoms with van der Waals surface area (Å²) < 4.78 is 0. The Kier molecular flexibility index (Phi) is 9.30. The van der Waals surface area contributed by atoms with Crippen molar-refractivity contribution in [2.75, 3.05) is 0 Å². The lowest BCUT2D eigenvalue weighted by atomic mass is 10.0. The number of allylic oxidation sites excluding steroid dienone is 4. The van der Waals surface area contributed by atoms with Crippen LogP contribution in [0.15, 0.2) is 18.2 Å². The van der Waals surface area contributed by atoms with E-state index in [0.717, 1.165) is 6.42 Å². The van der Waals surface area contributed by atoms with E-state index < -0.39 is 0 Å². The lowest BCUT2D eigenvalue weighted by Gasteiger charge is -2.02. The van der Waals surface area contributed by atoms with E-state index >= 15 is 0 Å². The monoisotopic (exact) mass is 219 g/mol. The Balaban J connectivity index is 2.15. The molecule has 0 heterocycles. The van der Waals surface area contributed by atoms with E-state index in [1.54, 1.807) is 0 Å². The lowest BCUT2D eigenvalue weighted by molar-refractivity contribution is 0.552. The summed E-state index contributed by atoms with van der Waals surface area (Å²) in [7, 11) is 0. The number of rotatable bonds is 0. The van der Waals surface area contributed by atoms with Gasteiger partial charge >= 0.3 is 0 Å². The molecule has 0 saturated carbocycles. The zero-order valence-corrected chi connectivity index (χ0v) is 10.7. The molecular weight excluding hydrogens is 192 g/mol. The first-order valence-electron chi connectivity index (χ1n) is 7.22. The Hall–Kier alpha value is -0.520. The maximum absolute atomic E-state index is 3.36. The van der Waals surface area contributed by atoms with Gasteiger partial charge in [0.05, 0.1) is 0 Å². The fourth-order valence-corrected chi connectivity index (χ4v) is 2.22. The van der Waals surface area contributed by atoms with Crippen LogP contribution in [0.5, 0.6) is 0 Å². The molecule has 0 nitrogen and oxygen atoms in total. The van der Waals surface area contributed by atoms with Gasteiger partial charge in [0.15, 0.2) is 0 Å². The molecule has 0 aliphatic heterocycles. The molecule has 0 atom stereocenters. The van der Waals surface area contributed by atoms with E-state index in [1.165, 1.54) is 70.6 Å². The molecule has 0 aromatic heterocycles. The highest BCUT2D eigenvalue weighted by molar-refractivity contribution is 4.98. The van der Waals surface area contributed by atoms with Crippen molar-refractivity contribution >= 4 is 0 Å². The molecule has 1 rings (SSSR count). The fraction of sp³-hybridized carbons (Fsp3) is 0.750. The molecule has 0 unspecified atom stereocenters. The van der Waals surface area contributed by atoms with Crippen molar-refractivity contribution in [2.24, 2.45) is 0 Å². The summed E-state index contributed by atoms with van der Waals surface area (Å²) in [5.74, 6) is 0. The van der Waals surface area contributed by atoms with E-state index in [4.69, 9.17) is 0 Å². The van der Waals surface area contributed by atoms with Crippen LogP contribution in [0.1, 0.15) is 77.0 Å². The SMILES string of the molecule is [C]1=C/C=C/CCCCCCCCCCCC/1. The largest absolute Gasteiger partial charge is 0.0845 e. The third-order valence-corrected chi connectivity index (χ3v) is 3.29. The van der Waals surface area contributed by atoms with Gasteiger partial charge in [0.1, 0.15) is 0 Å². The fourth-order valence-electron chi connectivity index (χ4n) is 2.22. The first-order valence-corrected chi connectivity index (χ1v) is 7.22. The zero-order valence-electron chi connectivity index (χ0n) is 10.7. The molecule has 0 heteroatoms. The highest BCUT2D eigenvalue weighted by atomic mass is 14.0. The van der Waals surface area contributed by atoms with Crippen LogP contribution in [-0.2, 0) is 0 Å². The third kappa shape index (κ3) is 8.76. The van der Waals surface area contributed by atoms with Crippen LogP contribution in [-0.4, -0.2) is 0 Å². The number of hydrogen-bond donors (Lipinski definition) is 0. The maximum Gasteiger partial charge on any atom is -0.0276 e. The van der Waals surface area contributed by atoms with Crippen molar-refractivity contribution in [1.29, 1.82) is 0 Å². The Morgan fingerprint density at radius 1 is 0.625 bits per heavy atom. The van der Waals surface area contributed by atoms with E-state index in [1.807, 2.05) is 0 Å². The van der Waals surface area contributed by atoms with Gasteiger partial charge in [-0.25, -0.2) is 0 Å². The van der Waals surface area contributed by atoms with Gasteiger partial charge in [-0.2, -0.15) is 0 Å². The van der Waals surface area contributed by atoms with E-state index in [-0.39, 0.29) is 0 Å². The average Bonchev–Trinajstić information content (AvgIpc) is 2.29. The van der Waals surface area contributed by atoms with Gasteiger partial charge in [-0.1, -0.05) is 69.6 Å². The molecule has 0 amide bonds. The van der Waals surface area contributed by atoms with Crippen molar-refractivity contribution in [3.05, 3.63) is 24.3 Å². The highest BCUT2D eigenvalue weighted by Crippen LogP contribution is 2.12. The normalized spacial score (nSPS) is 26.0. The first kappa shape index (κ1) is 13.5. The summed E-state index contributed by atoms with van der Waals surface area (Å²) in [6.45, 7) is 0. The minimum atomic E-state index is 1.14. The second-order valence-electron chi connectivity index (χ2n) is 4.87. The van der Waals surface area contributed by atoms with Crippen molar-refractivity contribution < 1.29 is 0 Å². The molecule has 0 N–H and O–H groups in total. The number of hydrogen-bond acceptors (Lipinski definition) is 0. The topological polar surface area (TPSA) is 0 Å². The predicted molar refractivity (Wildman–Crippen MR) is 72.4 cm³/mol. The Morgan fingerprint density at radius 2 is 1.19 bits per heavy atom. The first-order chi connectivity index (χ1) is 8.00. The van der Waals surface area contributed by atoms with Gasteiger partial charge in [0.25, 0.3) is 0 Å². The molecule has 16 heavy (non-hydrogen) atoms. The average molecular weight is 219 g/mol. The van der Waals surface area contributed by atoms with Crippen LogP contribution in [0, 0.1) is 6.08 Å². The van der Waals surface area contributed by atoms with Gasteiger partial charge in [-0.15, -0.1) is 0 Å². The summed E-state index contributed by atoms with van der Waals surface area (Å²) in [5.41, 5.74) is 0. The molecule has 1 aliphatic carbocycles. The Morgan fingerprint density at radius 3 is 1.88 bits per heavy atom. The molecule has 0 aromatic carbocycles. The summed E-state index contributed by atoms with van der Waals surface area (Å²) in [6, 6.07) is 0. The second-order valence-corrected chi connectivity index (χ2v) is 4.87. The molecule has 1 radical (unpaired) electrons. The maximum atomic E-state index is 3.36. The standard InChI is InChI=1S/C16H27/c1-2-4-6-8-10-12-14-16-15-13-11-9-7-5-3-1/h1-3H,4,6-16H2/b2-1+,5-3?. The highest BCUT2D eigenvalue weighted by Gasteiger charge is 1.93. The third-order valence-electron chi connectivity index (χ3n) is 3.29. The van der Waals surface area contributed by atoms with Crippen molar-refractivity contribution in [2.45, 2.75) is 77.0 Å². The van der Waals surface area contributed by atoms with Crippen LogP contribution >= 0.6 is 0 Å². The molecule has 0 spiro atoms. The second kappa shape index (κ2) is 11.0. The van der Waals surface area contributed by atoms with Gasteiger partial charge in [0, 0.05) is 0 Å². The molecule has 0 fully saturated rings. The molecular formula is C16H27. The predicted octanol–water partition coefficient (Wildman–Crippen LogP) is 5.60. The summed E-state index contributed by atoms with van der Waals surface area (Å²) in [6.07, 6.45) is 26.5. The molecule has 0 bridgehead atoms. The van der Waals surface area contributed by atoms with Crippen LogP contribution < -0.4 is 0 Å². The Labute approximate surface area is 102 Å². The van der Waals surface area contributed by atoms with Gasteiger partial charge in [-0.05, 0) is 31.8 Å². The molecule has 0 saturated heterocycles. The van der Waals surface area contributed by atoms with Crippen molar-refractivity contribution in [3.63, 3.8) is 0 Å². The Bertz CT molecular complexity index is 166. The summed E-state index contributed by atoms with van der Waals surface area (Å²) in [4.78, 5) is 0. The van der Waals surface area contributed by atoms with Crippen LogP contribution in [0.4, 0.5) is 0 Å². The van der Waals surface area contributed by atoms with E-state index in [0.29, 0.717) is 0 Å². The quantitative estimate of drug-likeness (QED) is 0.497. The summed E-state index contributed by atoms with van der Waals surface area (Å²) in [5, 5.41) is 0. The van der Waals surface area contributed by atoms with Crippen LogP contribution in [0.25, 0.3) is 0 Å².